The van der Waals surface area contributed by atoms with Gasteiger partial charge in [-0.3, -0.25) is 9.59 Å². The van der Waals surface area contributed by atoms with Crippen LogP contribution in [0.5, 0.6) is 5.75 Å². The topological polar surface area (TPSA) is 83.4 Å². The number of aliphatic imine (C=N–C) groups is 1. The summed E-state index contributed by atoms with van der Waals surface area (Å²) in [6.45, 7) is 2.05. The van der Waals surface area contributed by atoms with Crippen LogP contribution in [-0.2, 0) is 9.59 Å². The third kappa shape index (κ3) is 5.55. The van der Waals surface area contributed by atoms with Crippen LogP contribution >= 0.6 is 23.4 Å². The first-order valence-corrected chi connectivity index (χ1v) is 13.1. The maximum absolute atomic E-state index is 12.8. The van der Waals surface area contributed by atoms with Gasteiger partial charge in [-0.25, -0.2) is 5.01 Å². The van der Waals surface area contributed by atoms with Gasteiger partial charge in [0, 0.05) is 12.8 Å². The highest BCUT2D eigenvalue weighted by molar-refractivity contribution is 8.15. The van der Waals surface area contributed by atoms with Crippen molar-refractivity contribution in [2.45, 2.75) is 31.1 Å². The Morgan fingerprint density at radius 1 is 1.11 bits per heavy atom. The molecule has 0 unspecified atom stereocenters. The standard InChI is InChI=1S/C28H25ClN4O3S/c1-17-7-9-18(10-8-17)23-15-24(19-11-13-20(36-2)14-12-19)33(32-23)28-31-27(35)25(37-28)16-26(34)30-22-6-4-3-5-21(22)29/h3-14,24-25H,15-16H2,1-2H3,(H,30,34)/t24-,25+/m1/s1. The number of ether oxygens (including phenoxy) is 1. The Hall–Kier alpha value is -3.62. The number of hydrogen-bond donors (Lipinski definition) is 1. The zero-order valence-electron chi connectivity index (χ0n) is 20.3. The molecule has 2 atom stereocenters. The van der Waals surface area contributed by atoms with Crippen LogP contribution in [0.25, 0.3) is 0 Å². The quantitative estimate of drug-likeness (QED) is 0.431. The molecule has 0 spiro atoms. The molecule has 7 nitrogen and oxygen atoms in total. The fourth-order valence-corrected chi connectivity index (χ4v) is 5.47. The number of hydrogen-bond acceptors (Lipinski definition) is 6. The van der Waals surface area contributed by atoms with E-state index in [1.807, 2.05) is 36.2 Å². The second-order valence-corrected chi connectivity index (χ2v) is 10.4. The number of benzene rings is 3. The van der Waals surface area contributed by atoms with E-state index in [0.29, 0.717) is 22.3 Å². The lowest BCUT2D eigenvalue weighted by Crippen LogP contribution is -2.25. The van der Waals surface area contributed by atoms with Crippen LogP contribution in [0.4, 0.5) is 5.69 Å². The van der Waals surface area contributed by atoms with Crippen LogP contribution in [0.15, 0.2) is 82.9 Å². The molecule has 2 amide bonds. The predicted octanol–water partition coefficient (Wildman–Crippen LogP) is 5.83. The van der Waals surface area contributed by atoms with Gasteiger partial charge in [0.05, 0.1) is 29.6 Å². The summed E-state index contributed by atoms with van der Waals surface area (Å²) in [5, 5.41) is 9.78. The van der Waals surface area contributed by atoms with Gasteiger partial charge in [0.1, 0.15) is 11.0 Å². The average molecular weight is 533 g/mol. The van der Waals surface area contributed by atoms with Crippen LogP contribution < -0.4 is 10.1 Å². The minimum Gasteiger partial charge on any atom is -0.497 e. The molecule has 0 saturated carbocycles. The van der Waals surface area contributed by atoms with Crippen molar-refractivity contribution in [3.05, 3.63) is 94.5 Å². The minimum absolute atomic E-state index is 0.0166. The number of amidine groups is 1. The van der Waals surface area contributed by atoms with Gasteiger partial charge in [0.25, 0.3) is 5.91 Å². The molecular weight excluding hydrogens is 508 g/mol. The van der Waals surface area contributed by atoms with E-state index in [4.69, 9.17) is 21.4 Å². The molecule has 1 N–H and O–H groups in total. The Morgan fingerprint density at radius 3 is 2.54 bits per heavy atom. The summed E-state index contributed by atoms with van der Waals surface area (Å²) in [5.41, 5.74) is 4.65. The largest absolute Gasteiger partial charge is 0.497 e. The second kappa shape index (κ2) is 10.8. The third-order valence-corrected chi connectivity index (χ3v) is 7.71. The summed E-state index contributed by atoms with van der Waals surface area (Å²) in [5.74, 6) is 0.120. The van der Waals surface area contributed by atoms with Crippen molar-refractivity contribution < 1.29 is 14.3 Å². The van der Waals surface area contributed by atoms with Gasteiger partial charge < -0.3 is 10.1 Å². The van der Waals surface area contributed by atoms with Crippen LogP contribution in [-0.4, -0.2) is 40.1 Å². The van der Waals surface area contributed by atoms with Gasteiger partial charge >= 0.3 is 0 Å². The first-order valence-electron chi connectivity index (χ1n) is 11.8. The lowest BCUT2D eigenvalue weighted by molar-refractivity contribution is -0.121. The molecule has 0 fully saturated rings. The number of thioether (sulfide) groups is 1. The number of nitrogens with zero attached hydrogens (tertiary/aromatic N) is 3. The number of rotatable bonds is 6. The van der Waals surface area contributed by atoms with E-state index in [9.17, 15) is 9.59 Å². The molecule has 0 aliphatic carbocycles. The monoisotopic (exact) mass is 532 g/mol. The van der Waals surface area contributed by atoms with Crippen molar-refractivity contribution in [1.29, 1.82) is 0 Å². The van der Waals surface area contributed by atoms with Crippen LogP contribution in [0, 0.1) is 6.92 Å². The molecule has 3 aromatic carbocycles. The number of anilines is 1. The lowest BCUT2D eigenvalue weighted by Gasteiger charge is -2.23. The summed E-state index contributed by atoms with van der Waals surface area (Å²) in [6, 6.07) is 22.9. The summed E-state index contributed by atoms with van der Waals surface area (Å²) < 4.78 is 5.31. The molecule has 2 heterocycles. The minimum atomic E-state index is -0.632. The molecule has 0 saturated heterocycles. The highest BCUT2D eigenvalue weighted by atomic mass is 35.5. The van der Waals surface area contributed by atoms with Crippen LogP contribution in [0.3, 0.4) is 0 Å². The van der Waals surface area contributed by atoms with E-state index in [1.54, 1.807) is 31.4 Å². The van der Waals surface area contributed by atoms with Gasteiger partial charge in [0.2, 0.25) is 5.91 Å². The number of nitrogens with one attached hydrogen (secondary N) is 1. The Labute approximate surface area is 224 Å². The van der Waals surface area contributed by atoms with Crippen molar-refractivity contribution in [3.63, 3.8) is 0 Å². The number of carbonyl (C=O) groups excluding carboxylic acids is 2. The van der Waals surface area contributed by atoms with Crippen molar-refractivity contribution in [2.24, 2.45) is 10.1 Å². The normalized spacial score (nSPS) is 19.0. The predicted molar refractivity (Wildman–Crippen MR) is 148 cm³/mol. The maximum Gasteiger partial charge on any atom is 0.262 e. The molecule has 3 aromatic rings. The summed E-state index contributed by atoms with van der Waals surface area (Å²) in [4.78, 5) is 29.8. The van der Waals surface area contributed by atoms with Gasteiger partial charge in [-0.2, -0.15) is 10.1 Å². The number of halogens is 1. The van der Waals surface area contributed by atoms with E-state index in [2.05, 4.69) is 34.6 Å². The number of methoxy groups -OCH3 is 1. The van der Waals surface area contributed by atoms with Crippen LogP contribution in [0.1, 0.15) is 35.6 Å². The van der Waals surface area contributed by atoms with Crippen LogP contribution in [0.2, 0.25) is 5.02 Å². The van der Waals surface area contributed by atoms with Crippen molar-refractivity contribution in [1.82, 2.24) is 5.01 Å². The summed E-state index contributed by atoms with van der Waals surface area (Å²) >= 11 is 7.42. The third-order valence-electron chi connectivity index (χ3n) is 6.24. The average Bonchev–Trinajstić information content (AvgIpc) is 3.50. The van der Waals surface area contributed by atoms with Gasteiger partial charge in [0.15, 0.2) is 5.17 Å². The Kier molecular flexibility index (Phi) is 7.30. The summed E-state index contributed by atoms with van der Waals surface area (Å²) in [6.07, 6.45) is 0.637. The molecule has 0 aromatic heterocycles. The molecule has 9 heteroatoms. The molecule has 2 aliphatic heterocycles. The second-order valence-electron chi connectivity index (χ2n) is 8.82. The van der Waals surface area contributed by atoms with Gasteiger partial charge in [-0.1, -0.05) is 77.5 Å². The number of hydrazone groups is 1. The molecule has 188 valence electrons. The molecular formula is C28H25ClN4O3S. The van der Waals surface area contributed by atoms with Crippen molar-refractivity contribution in [3.8, 4) is 5.75 Å². The number of amides is 2. The van der Waals surface area contributed by atoms with E-state index in [1.165, 1.54) is 17.3 Å². The molecule has 0 bridgehead atoms. The van der Waals surface area contributed by atoms with Crippen molar-refractivity contribution in [2.75, 3.05) is 12.4 Å². The SMILES string of the molecule is COc1ccc([C@H]2CC(c3ccc(C)cc3)=NN2C2=NC(=O)[C@H](CC(=O)Nc3ccccc3Cl)S2)cc1. The Balaban J connectivity index is 1.36. The zero-order valence-corrected chi connectivity index (χ0v) is 21.9. The van der Waals surface area contributed by atoms with E-state index in [-0.39, 0.29) is 24.3 Å². The maximum atomic E-state index is 12.8. The van der Waals surface area contributed by atoms with E-state index >= 15 is 0 Å². The molecule has 37 heavy (non-hydrogen) atoms. The van der Waals surface area contributed by atoms with Gasteiger partial charge in [-0.05, 0) is 42.3 Å². The summed E-state index contributed by atoms with van der Waals surface area (Å²) in [7, 11) is 1.63. The Bertz CT molecular complexity index is 1390. The van der Waals surface area contributed by atoms with E-state index < -0.39 is 5.25 Å². The van der Waals surface area contributed by atoms with E-state index in [0.717, 1.165) is 22.6 Å². The number of carbonyl (C=O) groups is 2. The van der Waals surface area contributed by atoms with Crippen molar-refractivity contribution >= 4 is 51.7 Å². The molecule has 0 radical (unpaired) electrons. The fourth-order valence-electron chi connectivity index (χ4n) is 4.23. The highest BCUT2D eigenvalue weighted by Gasteiger charge is 2.39. The molecule has 2 aliphatic rings. The number of para-hydroxylation sites is 1. The fraction of sp³-hybridized carbons (Fsp3) is 0.214. The highest BCUT2D eigenvalue weighted by Crippen LogP contribution is 2.39. The first kappa shape index (κ1) is 25.0. The zero-order chi connectivity index (χ0) is 25.9. The Morgan fingerprint density at radius 2 is 1.84 bits per heavy atom. The molecule has 5 rings (SSSR count). The van der Waals surface area contributed by atoms with Gasteiger partial charge in [-0.15, -0.1) is 0 Å². The smallest absolute Gasteiger partial charge is 0.262 e. The number of aryl methyl sites for hydroxylation is 1. The first-order chi connectivity index (χ1) is 17.9. The lowest BCUT2D eigenvalue weighted by atomic mass is 9.98.